The summed E-state index contributed by atoms with van der Waals surface area (Å²) in [6.45, 7) is 4.78. The first-order chi connectivity index (χ1) is 12.8. The van der Waals surface area contributed by atoms with Gasteiger partial charge in [-0.1, -0.05) is 22.5 Å². The van der Waals surface area contributed by atoms with E-state index in [1.54, 1.807) is 0 Å². The fourth-order valence-electron chi connectivity index (χ4n) is 3.15. The smallest absolute Gasteiger partial charge is 0.264 e. The van der Waals surface area contributed by atoms with Crippen molar-refractivity contribution in [2.75, 3.05) is 33.8 Å². The molecule has 1 aromatic carbocycles. The zero-order chi connectivity index (χ0) is 20.0. The quantitative estimate of drug-likeness (QED) is 0.519. The summed E-state index contributed by atoms with van der Waals surface area (Å²) in [5.74, 6) is -0.385. The van der Waals surface area contributed by atoms with Crippen LogP contribution in [0.15, 0.2) is 23.1 Å². The Morgan fingerprint density at radius 1 is 1.41 bits per heavy atom. The van der Waals surface area contributed by atoms with E-state index in [-0.39, 0.29) is 21.4 Å². The van der Waals surface area contributed by atoms with E-state index in [0.29, 0.717) is 12.6 Å². The van der Waals surface area contributed by atoms with E-state index in [1.807, 2.05) is 0 Å². The molecule has 0 aromatic heterocycles. The van der Waals surface area contributed by atoms with Crippen molar-refractivity contribution in [2.24, 2.45) is 0 Å². The molecule has 9 heteroatoms. The molecule has 27 heavy (non-hydrogen) atoms. The Bertz CT molecular complexity index is 757. The Balaban J connectivity index is 1.96. The molecule has 7 nitrogen and oxygen atoms in total. The van der Waals surface area contributed by atoms with E-state index in [9.17, 15) is 13.2 Å². The molecule has 0 aliphatic carbocycles. The molecule has 1 fully saturated rings. The van der Waals surface area contributed by atoms with Crippen LogP contribution in [0.25, 0.3) is 0 Å². The Kier molecular flexibility index (Phi) is 8.05. The molecule has 0 saturated carbocycles. The Hall–Kier alpha value is -1.19. The number of benzene rings is 1. The van der Waals surface area contributed by atoms with Gasteiger partial charge in [0.15, 0.2) is 0 Å². The van der Waals surface area contributed by atoms with Gasteiger partial charge in [-0.25, -0.2) is 8.42 Å². The van der Waals surface area contributed by atoms with E-state index in [2.05, 4.69) is 17.1 Å². The van der Waals surface area contributed by atoms with Crippen LogP contribution in [-0.4, -0.2) is 63.5 Å². The number of halogens is 1. The number of hydroxylamine groups is 1. The minimum absolute atomic E-state index is 0.0523. The summed E-state index contributed by atoms with van der Waals surface area (Å²) < 4.78 is 25.4. The molecule has 0 radical (unpaired) electrons. The van der Waals surface area contributed by atoms with Gasteiger partial charge in [0.2, 0.25) is 0 Å². The molecule has 1 amide bonds. The number of likely N-dealkylation sites (tertiary alicyclic amines) is 1. The highest BCUT2D eigenvalue weighted by atomic mass is 35.5. The van der Waals surface area contributed by atoms with Crippen LogP contribution >= 0.6 is 11.6 Å². The molecular formula is C18H28ClN3O4S. The molecule has 1 aliphatic heterocycles. The summed E-state index contributed by atoms with van der Waals surface area (Å²) in [5.41, 5.74) is 0.133. The van der Waals surface area contributed by atoms with Gasteiger partial charge in [-0.05, 0) is 50.9 Å². The van der Waals surface area contributed by atoms with Crippen molar-refractivity contribution < 1.29 is 18.0 Å². The Morgan fingerprint density at radius 3 is 2.81 bits per heavy atom. The third kappa shape index (κ3) is 5.65. The van der Waals surface area contributed by atoms with Crippen molar-refractivity contribution in [3.63, 3.8) is 0 Å². The van der Waals surface area contributed by atoms with Gasteiger partial charge in [-0.2, -0.15) is 0 Å². The molecule has 1 aromatic rings. The molecule has 1 atom stereocenters. The second-order valence-electron chi connectivity index (χ2n) is 6.73. The summed E-state index contributed by atoms with van der Waals surface area (Å²) in [5, 5.41) is 3.03. The molecule has 1 heterocycles. The monoisotopic (exact) mass is 417 g/mol. The van der Waals surface area contributed by atoms with Gasteiger partial charge < -0.3 is 10.2 Å². The first-order valence-electron chi connectivity index (χ1n) is 9.12. The molecule has 0 unspecified atom stereocenters. The number of amides is 1. The molecule has 1 N–H and O–H groups in total. The summed E-state index contributed by atoms with van der Waals surface area (Å²) in [6.07, 6.45) is 4.56. The van der Waals surface area contributed by atoms with Crippen molar-refractivity contribution in [2.45, 2.75) is 43.5 Å². The van der Waals surface area contributed by atoms with Crippen molar-refractivity contribution in [3.8, 4) is 0 Å². The lowest BCUT2D eigenvalue weighted by atomic mass is 10.0. The van der Waals surface area contributed by atoms with Gasteiger partial charge in [0.25, 0.3) is 15.9 Å². The highest BCUT2D eigenvalue weighted by Crippen LogP contribution is 2.22. The van der Waals surface area contributed by atoms with Gasteiger partial charge in [-0.3, -0.25) is 9.63 Å². The second-order valence-corrected chi connectivity index (χ2v) is 9.07. The zero-order valence-corrected chi connectivity index (χ0v) is 17.6. The van der Waals surface area contributed by atoms with Crippen molar-refractivity contribution >= 4 is 27.5 Å². The largest absolute Gasteiger partial charge is 0.352 e. The van der Waals surface area contributed by atoms with Crippen molar-refractivity contribution in [3.05, 3.63) is 28.8 Å². The third-order valence-electron chi connectivity index (χ3n) is 4.92. The topological polar surface area (TPSA) is 78.9 Å². The van der Waals surface area contributed by atoms with E-state index in [4.69, 9.17) is 16.4 Å². The summed E-state index contributed by atoms with van der Waals surface area (Å²) in [7, 11) is -1.30. The maximum Gasteiger partial charge on any atom is 0.264 e. The van der Waals surface area contributed by atoms with Gasteiger partial charge in [-0.15, -0.1) is 0 Å². The first-order valence-corrected chi connectivity index (χ1v) is 10.9. The molecule has 0 bridgehead atoms. The van der Waals surface area contributed by atoms with Crippen molar-refractivity contribution in [1.82, 2.24) is 14.7 Å². The lowest BCUT2D eigenvalue weighted by molar-refractivity contribution is -0.0258. The molecule has 1 saturated heterocycles. The summed E-state index contributed by atoms with van der Waals surface area (Å²) >= 11 is 6.10. The molecule has 1 aliphatic rings. The Morgan fingerprint density at radius 2 is 2.15 bits per heavy atom. The van der Waals surface area contributed by atoms with Crippen molar-refractivity contribution in [1.29, 1.82) is 0 Å². The summed E-state index contributed by atoms with van der Waals surface area (Å²) in [6, 6.07) is 4.61. The first kappa shape index (κ1) is 22.1. The number of carbonyl (C=O) groups excluding carboxylic acids is 1. The van der Waals surface area contributed by atoms with Crippen LogP contribution < -0.4 is 5.32 Å². The number of hydrogen-bond donors (Lipinski definition) is 1. The fourth-order valence-corrected chi connectivity index (χ4v) is 4.36. The molecule has 0 spiro atoms. The van der Waals surface area contributed by atoms with E-state index < -0.39 is 10.0 Å². The normalized spacial score (nSPS) is 18.6. The molecule has 2 rings (SSSR count). The van der Waals surface area contributed by atoms with Crippen LogP contribution in [-0.2, 0) is 14.9 Å². The van der Waals surface area contributed by atoms with Crippen LogP contribution in [0.4, 0.5) is 0 Å². The van der Waals surface area contributed by atoms with Gasteiger partial charge in [0.05, 0.1) is 22.6 Å². The zero-order valence-electron chi connectivity index (χ0n) is 16.1. The highest BCUT2D eigenvalue weighted by Gasteiger charge is 2.23. The lowest BCUT2D eigenvalue weighted by Crippen LogP contribution is -2.39. The maximum absolute atomic E-state index is 12.5. The van der Waals surface area contributed by atoms with E-state index in [0.717, 1.165) is 24.0 Å². The number of piperidine rings is 1. The number of rotatable bonds is 8. The minimum atomic E-state index is -3.84. The number of hydrogen-bond acceptors (Lipinski definition) is 5. The van der Waals surface area contributed by atoms with Crippen LogP contribution in [0, 0.1) is 0 Å². The minimum Gasteiger partial charge on any atom is -0.352 e. The van der Waals surface area contributed by atoms with Gasteiger partial charge in [0, 0.05) is 26.2 Å². The average Bonchev–Trinajstić information content (AvgIpc) is 2.65. The van der Waals surface area contributed by atoms with Gasteiger partial charge in [0.1, 0.15) is 0 Å². The van der Waals surface area contributed by atoms with E-state index >= 15 is 0 Å². The SMILES string of the molecule is CON(C)S(=O)(=O)c1ccc(Cl)c(C(=O)NCCCN2CCCC[C@H]2C)c1. The number of sulfonamides is 1. The Labute approximate surface area is 166 Å². The second kappa shape index (κ2) is 9.84. The third-order valence-corrected chi connectivity index (χ3v) is 6.93. The number of nitrogens with one attached hydrogen (secondary N) is 1. The number of carbonyl (C=O) groups is 1. The maximum atomic E-state index is 12.5. The van der Waals surface area contributed by atoms with E-state index in [1.165, 1.54) is 51.6 Å². The average molecular weight is 418 g/mol. The highest BCUT2D eigenvalue weighted by molar-refractivity contribution is 7.89. The lowest BCUT2D eigenvalue weighted by Gasteiger charge is -2.33. The van der Waals surface area contributed by atoms with Crippen LogP contribution in [0.5, 0.6) is 0 Å². The predicted molar refractivity (Wildman–Crippen MR) is 105 cm³/mol. The summed E-state index contributed by atoms with van der Waals surface area (Å²) in [4.78, 5) is 19.6. The predicted octanol–water partition coefficient (Wildman–Crippen LogP) is 2.52. The van der Waals surface area contributed by atoms with Crippen LogP contribution in [0.1, 0.15) is 43.0 Å². The van der Waals surface area contributed by atoms with Crippen LogP contribution in [0.3, 0.4) is 0 Å². The van der Waals surface area contributed by atoms with Crippen LogP contribution in [0.2, 0.25) is 5.02 Å². The fraction of sp³-hybridized carbons (Fsp3) is 0.611. The molecular weight excluding hydrogens is 390 g/mol. The molecule has 152 valence electrons. The number of nitrogens with zero attached hydrogens (tertiary/aromatic N) is 2. The standard InChI is InChI=1S/C18H28ClN3O4S/c1-14-7-4-5-11-22(14)12-6-10-20-18(23)16-13-15(8-9-17(16)19)27(24,25)21(2)26-3/h8-9,13-14H,4-7,10-12H2,1-3H3,(H,20,23)/t14-/m1/s1. The van der Waals surface area contributed by atoms with Gasteiger partial charge >= 0.3 is 0 Å².